The number of nitrogens with one attached hydrogen (secondary N) is 2. The number of hydrogen-bond donors (Lipinski definition) is 2. The van der Waals surface area contributed by atoms with E-state index >= 15 is 0 Å². The quantitative estimate of drug-likeness (QED) is 0.491. The predicted octanol–water partition coefficient (Wildman–Crippen LogP) is -1.03. The smallest absolute Gasteiger partial charge is 0.273 e. The van der Waals surface area contributed by atoms with Gasteiger partial charge in [0, 0.05) is 13.2 Å². The van der Waals surface area contributed by atoms with Crippen LogP contribution in [0.15, 0.2) is 4.99 Å². The van der Waals surface area contributed by atoms with E-state index < -0.39 is 5.03 Å². The first-order valence-electron chi connectivity index (χ1n) is 5.92. The number of aliphatic imine (C=N–C) groups is 1. The highest BCUT2D eigenvalue weighted by molar-refractivity contribution is 5.78. The lowest BCUT2D eigenvalue weighted by Crippen LogP contribution is -2.58. The van der Waals surface area contributed by atoms with E-state index in [2.05, 4.69) is 15.8 Å². The van der Waals surface area contributed by atoms with E-state index in [9.17, 15) is 10.1 Å². The summed E-state index contributed by atoms with van der Waals surface area (Å²) in [7, 11) is 1.90. The van der Waals surface area contributed by atoms with Gasteiger partial charge in [0.1, 0.15) is 0 Å². The molecule has 0 amide bonds. The van der Waals surface area contributed by atoms with Crippen molar-refractivity contribution in [2.45, 2.75) is 18.9 Å². The van der Waals surface area contributed by atoms with E-state index in [1.165, 1.54) is 0 Å². The van der Waals surface area contributed by atoms with Crippen LogP contribution >= 0.6 is 0 Å². The highest BCUT2D eigenvalue weighted by Gasteiger charge is 2.23. The predicted molar refractivity (Wildman–Crippen MR) is 63.9 cm³/mol. The summed E-state index contributed by atoms with van der Waals surface area (Å²) in [5.74, 6) is 0.232. The second kappa shape index (κ2) is 5.94. The molecule has 9 heteroatoms. The SMILES string of the molecule is CN1CN=C(N[N+](=O)[O-])N(NCC2CCCO2)C1. The van der Waals surface area contributed by atoms with Crippen LogP contribution in [0.25, 0.3) is 0 Å². The molecule has 1 saturated heterocycles. The summed E-state index contributed by atoms with van der Waals surface area (Å²) in [5, 5.41) is 11.5. The topological polar surface area (TPSA) is 95.3 Å². The Hall–Kier alpha value is -1.45. The van der Waals surface area contributed by atoms with Gasteiger partial charge in [-0.2, -0.15) is 0 Å². The summed E-state index contributed by atoms with van der Waals surface area (Å²) in [4.78, 5) is 16.5. The second-order valence-corrected chi connectivity index (χ2v) is 4.41. The molecule has 1 fully saturated rings. The molecule has 1 atom stereocenters. The first-order chi connectivity index (χ1) is 8.65. The molecule has 2 heterocycles. The van der Waals surface area contributed by atoms with Crippen molar-refractivity contribution in [1.29, 1.82) is 0 Å². The Morgan fingerprint density at radius 1 is 1.67 bits per heavy atom. The highest BCUT2D eigenvalue weighted by Crippen LogP contribution is 2.11. The number of nitrogens with zero attached hydrogens (tertiary/aromatic N) is 4. The van der Waals surface area contributed by atoms with Crippen molar-refractivity contribution in [1.82, 2.24) is 20.8 Å². The monoisotopic (exact) mass is 258 g/mol. The number of ether oxygens (including phenoxy) is 1. The van der Waals surface area contributed by atoms with E-state index in [4.69, 9.17) is 4.74 Å². The number of guanidine groups is 1. The minimum absolute atomic E-state index is 0.175. The molecular weight excluding hydrogens is 240 g/mol. The first-order valence-corrected chi connectivity index (χ1v) is 5.92. The number of hydrogen-bond acceptors (Lipinski definition) is 7. The van der Waals surface area contributed by atoms with E-state index in [0.717, 1.165) is 19.4 Å². The molecular formula is C9H18N6O3. The van der Waals surface area contributed by atoms with Crippen molar-refractivity contribution >= 4 is 5.96 Å². The Balaban J connectivity index is 1.87. The van der Waals surface area contributed by atoms with E-state index in [-0.39, 0.29) is 12.1 Å². The van der Waals surface area contributed by atoms with E-state index in [1.807, 2.05) is 11.9 Å². The van der Waals surface area contributed by atoms with Crippen molar-refractivity contribution in [2.24, 2.45) is 4.99 Å². The Bertz CT molecular complexity index is 330. The Labute approximate surface area is 105 Å². The molecule has 0 saturated carbocycles. The van der Waals surface area contributed by atoms with Gasteiger partial charge in [0.15, 0.2) is 5.03 Å². The fraction of sp³-hybridized carbons (Fsp3) is 0.889. The summed E-state index contributed by atoms with van der Waals surface area (Å²) in [5.41, 5.74) is 5.21. The van der Waals surface area contributed by atoms with Crippen LogP contribution in [0, 0.1) is 10.1 Å². The van der Waals surface area contributed by atoms with Crippen LogP contribution in [-0.2, 0) is 4.74 Å². The van der Waals surface area contributed by atoms with Gasteiger partial charge in [0.05, 0.1) is 19.4 Å². The standard InChI is InChI=1S/C9H18N6O3/c1-13-6-10-9(12-15(16)17)14(7-13)11-5-8-3-2-4-18-8/h8,11H,2-7H2,1H3,(H,10,12). The summed E-state index contributed by atoms with van der Waals surface area (Å²) in [6.45, 7) is 2.40. The number of hydrazine groups is 2. The molecule has 0 aliphatic carbocycles. The fourth-order valence-electron chi connectivity index (χ4n) is 1.95. The number of nitro groups is 1. The van der Waals surface area contributed by atoms with Gasteiger partial charge in [-0.05, 0) is 19.9 Å². The van der Waals surface area contributed by atoms with Crippen molar-refractivity contribution in [2.75, 3.05) is 33.5 Å². The fourth-order valence-corrected chi connectivity index (χ4v) is 1.95. The van der Waals surface area contributed by atoms with Gasteiger partial charge in [-0.3, -0.25) is 9.91 Å². The molecule has 2 rings (SSSR count). The molecule has 2 aliphatic rings. The minimum Gasteiger partial charge on any atom is -0.377 e. The minimum atomic E-state index is -0.606. The van der Waals surface area contributed by atoms with Gasteiger partial charge in [-0.15, -0.1) is 0 Å². The molecule has 2 N–H and O–H groups in total. The summed E-state index contributed by atoms with van der Waals surface area (Å²) < 4.78 is 5.49. The van der Waals surface area contributed by atoms with Crippen LogP contribution in [-0.4, -0.2) is 60.5 Å². The second-order valence-electron chi connectivity index (χ2n) is 4.41. The highest BCUT2D eigenvalue weighted by atomic mass is 16.7. The van der Waals surface area contributed by atoms with Crippen LogP contribution in [0.3, 0.4) is 0 Å². The maximum Gasteiger partial charge on any atom is 0.273 e. The normalized spacial score (nSPS) is 25.1. The van der Waals surface area contributed by atoms with Crippen molar-refractivity contribution < 1.29 is 9.77 Å². The third-order valence-corrected chi connectivity index (χ3v) is 2.83. The van der Waals surface area contributed by atoms with Gasteiger partial charge in [0.25, 0.3) is 5.96 Å². The zero-order chi connectivity index (χ0) is 13.0. The third kappa shape index (κ3) is 3.52. The van der Waals surface area contributed by atoms with Crippen molar-refractivity contribution in [3.63, 3.8) is 0 Å². The average molecular weight is 258 g/mol. The lowest BCUT2D eigenvalue weighted by Gasteiger charge is -2.33. The molecule has 102 valence electrons. The lowest BCUT2D eigenvalue weighted by molar-refractivity contribution is -0.527. The van der Waals surface area contributed by atoms with Crippen LogP contribution in [0.1, 0.15) is 12.8 Å². The molecule has 0 radical (unpaired) electrons. The zero-order valence-electron chi connectivity index (χ0n) is 10.3. The molecule has 0 aromatic carbocycles. The third-order valence-electron chi connectivity index (χ3n) is 2.83. The summed E-state index contributed by atoms with van der Waals surface area (Å²) >= 11 is 0. The molecule has 0 bridgehead atoms. The Kier molecular flexibility index (Phi) is 4.28. The Morgan fingerprint density at radius 2 is 2.50 bits per heavy atom. The molecule has 0 aromatic rings. The van der Waals surface area contributed by atoms with Crippen LogP contribution in [0.4, 0.5) is 0 Å². The molecule has 0 spiro atoms. The van der Waals surface area contributed by atoms with Crippen LogP contribution in [0.5, 0.6) is 0 Å². The zero-order valence-corrected chi connectivity index (χ0v) is 10.3. The maximum absolute atomic E-state index is 10.5. The largest absolute Gasteiger partial charge is 0.377 e. The van der Waals surface area contributed by atoms with Gasteiger partial charge in [0.2, 0.25) is 0 Å². The maximum atomic E-state index is 10.5. The van der Waals surface area contributed by atoms with E-state index in [1.54, 1.807) is 5.01 Å². The number of rotatable bonds is 4. The van der Waals surface area contributed by atoms with Crippen LogP contribution < -0.4 is 10.9 Å². The molecule has 1 unspecified atom stereocenters. The average Bonchev–Trinajstić information content (AvgIpc) is 2.82. The van der Waals surface area contributed by atoms with Gasteiger partial charge >= 0.3 is 0 Å². The Morgan fingerprint density at radius 3 is 3.17 bits per heavy atom. The van der Waals surface area contributed by atoms with Crippen molar-refractivity contribution in [3.05, 3.63) is 10.1 Å². The lowest BCUT2D eigenvalue weighted by atomic mass is 10.2. The first kappa shape index (κ1) is 13.0. The van der Waals surface area contributed by atoms with Gasteiger partial charge in [-0.1, -0.05) is 5.43 Å². The summed E-state index contributed by atoms with van der Waals surface area (Å²) in [6.07, 6.45) is 2.26. The van der Waals surface area contributed by atoms with Crippen LogP contribution in [0.2, 0.25) is 0 Å². The van der Waals surface area contributed by atoms with E-state index in [0.29, 0.717) is 19.9 Å². The summed E-state index contributed by atoms with van der Waals surface area (Å²) in [6, 6.07) is 0. The van der Waals surface area contributed by atoms with Gasteiger partial charge in [-0.25, -0.2) is 20.5 Å². The molecule has 2 aliphatic heterocycles. The molecule has 18 heavy (non-hydrogen) atoms. The molecule has 0 aromatic heterocycles. The molecule has 9 nitrogen and oxygen atoms in total. The van der Waals surface area contributed by atoms with Crippen molar-refractivity contribution in [3.8, 4) is 0 Å². The van der Waals surface area contributed by atoms with Gasteiger partial charge < -0.3 is 4.74 Å².